The number of hydrogen-bond acceptors (Lipinski definition) is 3. The third kappa shape index (κ3) is 3.05. The summed E-state index contributed by atoms with van der Waals surface area (Å²) in [6, 6.07) is 16.6. The number of carbonyl (C=O) groups excluding carboxylic acids is 2. The van der Waals surface area contributed by atoms with Crippen molar-refractivity contribution in [3.63, 3.8) is 0 Å². The highest BCUT2D eigenvalue weighted by molar-refractivity contribution is 6.10. The van der Waals surface area contributed by atoms with Crippen molar-refractivity contribution < 1.29 is 9.59 Å². The van der Waals surface area contributed by atoms with E-state index in [1.807, 2.05) is 48.5 Å². The SMILES string of the molecule is C=C1c2ccccc2C(=O)N1C(C)C(=O)NCCc1cccc2cccnc12. The van der Waals surface area contributed by atoms with Gasteiger partial charge in [0.05, 0.1) is 5.52 Å². The molecule has 5 nitrogen and oxygen atoms in total. The zero-order valence-corrected chi connectivity index (χ0v) is 15.7. The summed E-state index contributed by atoms with van der Waals surface area (Å²) in [7, 11) is 0. The number of nitrogens with zero attached hydrogens (tertiary/aromatic N) is 2. The highest BCUT2D eigenvalue weighted by atomic mass is 16.2. The molecule has 4 rings (SSSR count). The van der Waals surface area contributed by atoms with Crippen LogP contribution in [0.15, 0.2) is 67.4 Å². The van der Waals surface area contributed by atoms with Gasteiger partial charge in [-0.25, -0.2) is 0 Å². The standard InChI is InChI=1S/C23H21N3O2/c1-15-19-10-3-4-11-20(19)23(28)26(15)16(2)22(27)25-14-12-18-8-5-7-17-9-6-13-24-21(17)18/h3-11,13,16H,1,12,14H2,2H3,(H,25,27). The van der Waals surface area contributed by atoms with Gasteiger partial charge in [-0.05, 0) is 31.0 Å². The first-order valence-electron chi connectivity index (χ1n) is 9.30. The zero-order valence-electron chi connectivity index (χ0n) is 15.7. The molecule has 140 valence electrons. The van der Waals surface area contributed by atoms with Crippen molar-refractivity contribution in [2.45, 2.75) is 19.4 Å². The van der Waals surface area contributed by atoms with Crippen LogP contribution in [0.4, 0.5) is 0 Å². The number of carbonyl (C=O) groups is 2. The molecule has 5 heteroatoms. The molecule has 1 atom stereocenters. The largest absolute Gasteiger partial charge is 0.354 e. The van der Waals surface area contributed by atoms with Crippen LogP contribution in [0.1, 0.15) is 28.4 Å². The van der Waals surface area contributed by atoms with E-state index in [2.05, 4.69) is 16.9 Å². The second-order valence-corrected chi connectivity index (χ2v) is 6.88. The van der Waals surface area contributed by atoms with Crippen LogP contribution in [0, 0.1) is 0 Å². The van der Waals surface area contributed by atoms with Crippen molar-refractivity contribution in [1.82, 2.24) is 15.2 Å². The average Bonchev–Trinajstić information content (AvgIpc) is 2.98. The molecule has 1 unspecified atom stereocenters. The first kappa shape index (κ1) is 17.9. The van der Waals surface area contributed by atoms with E-state index in [1.165, 1.54) is 4.90 Å². The van der Waals surface area contributed by atoms with E-state index in [0.29, 0.717) is 24.2 Å². The van der Waals surface area contributed by atoms with Crippen molar-refractivity contribution >= 4 is 28.4 Å². The lowest BCUT2D eigenvalue weighted by molar-refractivity contribution is -0.124. The van der Waals surface area contributed by atoms with Crippen LogP contribution in [-0.2, 0) is 11.2 Å². The number of para-hydroxylation sites is 1. The number of benzene rings is 2. The Hall–Kier alpha value is -3.47. The molecule has 0 saturated heterocycles. The number of amides is 2. The Morgan fingerprint density at radius 1 is 1.11 bits per heavy atom. The Bertz CT molecular complexity index is 1050. The van der Waals surface area contributed by atoms with Gasteiger partial charge in [-0.1, -0.05) is 49.0 Å². The number of nitrogens with one attached hydrogen (secondary N) is 1. The molecule has 1 N–H and O–H groups in total. The molecule has 0 aliphatic carbocycles. The van der Waals surface area contributed by atoms with E-state index in [0.717, 1.165) is 22.0 Å². The van der Waals surface area contributed by atoms with Gasteiger partial charge in [0.2, 0.25) is 5.91 Å². The maximum absolute atomic E-state index is 12.7. The Kier molecular flexibility index (Phi) is 4.65. The van der Waals surface area contributed by atoms with Gasteiger partial charge in [-0.2, -0.15) is 0 Å². The molecule has 0 fully saturated rings. The van der Waals surface area contributed by atoms with Crippen LogP contribution < -0.4 is 5.32 Å². The van der Waals surface area contributed by atoms with Gasteiger partial charge in [0, 0.05) is 35.0 Å². The lowest BCUT2D eigenvalue weighted by Crippen LogP contribution is -2.45. The Morgan fingerprint density at radius 2 is 1.86 bits per heavy atom. The van der Waals surface area contributed by atoms with Crippen LogP contribution >= 0.6 is 0 Å². The van der Waals surface area contributed by atoms with Crippen LogP contribution in [0.2, 0.25) is 0 Å². The van der Waals surface area contributed by atoms with Gasteiger partial charge < -0.3 is 5.32 Å². The van der Waals surface area contributed by atoms with E-state index in [1.54, 1.807) is 19.2 Å². The molecule has 0 radical (unpaired) electrons. The average molecular weight is 371 g/mol. The van der Waals surface area contributed by atoms with Crippen molar-refractivity contribution in [3.05, 3.63) is 84.1 Å². The molecule has 0 spiro atoms. The summed E-state index contributed by atoms with van der Waals surface area (Å²) in [6.45, 7) is 6.21. The van der Waals surface area contributed by atoms with E-state index >= 15 is 0 Å². The van der Waals surface area contributed by atoms with Crippen LogP contribution in [0.3, 0.4) is 0 Å². The Balaban J connectivity index is 1.42. The summed E-state index contributed by atoms with van der Waals surface area (Å²) in [4.78, 5) is 31.3. The Labute approximate surface area is 163 Å². The third-order valence-corrected chi connectivity index (χ3v) is 5.15. The monoisotopic (exact) mass is 371 g/mol. The molecular formula is C23H21N3O2. The Morgan fingerprint density at radius 3 is 2.64 bits per heavy atom. The maximum atomic E-state index is 12.7. The number of hydrogen-bond donors (Lipinski definition) is 1. The van der Waals surface area contributed by atoms with Gasteiger partial charge in [0.1, 0.15) is 6.04 Å². The highest BCUT2D eigenvalue weighted by Crippen LogP contribution is 2.32. The van der Waals surface area contributed by atoms with Gasteiger partial charge in [-0.3, -0.25) is 19.5 Å². The molecule has 0 saturated carbocycles. The topological polar surface area (TPSA) is 62.3 Å². The predicted molar refractivity (Wildman–Crippen MR) is 110 cm³/mol. The fraction of sp³-hybridized carbons (Fsp3) is 0.174. The maximum Gasteiger partial charge on any atom is 0.259 e. The normalized spacial score (nSPS) is 14.2. The second-order valence-electron chi connectivity index (χ2n) is 6.88. The summed E-state index contributed by atoms with van der Waals surface area (Å²) < 4.78 is 0. The molecular weight excluding hydrogens is 350 g/mol. The van der Waals surface area contributed by atoms with Crippen LogP contribution in [0.5, 0.6) is 0 Å². The fourth-order valence-electron chi connectivity index (χ4n) is 3.67. The molecule has 2 aromatic carbocycles. The summed E-state index contributed by atoms with van der Waals surface area (Å²) in [5.74, 6) is -0.378. The summed E-state index contributed by atoms with van der Waals surface area (Å²) >= 11 is 0. The smallest absolute Gasteiger partial charge is 0.259 e. The van der Waals surface area contributed by atoms with Gasteiger partial charge in [0.15, 0.2) is 0 Å². The third-order valence-electron chi connectivity index (χ3n) is 5.15. The van der Waals surface area contributed by atoms with Gasteiger partial charge in [-0.15, -0.1) is 0 Å². The minimum absolute atomic E-state index is 0.179. The predicted octanol–water partition coefficient (Wildman–Crippen LogP) is 3.41. The lowest BCUT2D eigenvalue weighted by atomic mass is 10.1. The zero-order chi connectivity index (χ0) is 19.7. The van der Waals surface area contributed by atoms with Crippen LogP contribution in [0.25, 0.3) is 16.6 Å². The van der Waals surface area contributed by atoms with E-state index in [-0.39, 0.29) is 11.8 Å². The number of fused-ring (bicyclic) bond motifs is 2. The highest BCUT2D eigenvalue weighted by Gasteiger charge is 2.36. The minimum Gasteiger partial charge on any atom is -0.354 e. The second kappa shape index (κ2) is 7.27. The van der Waals surface area contributed by atoms with E-state index in [9.17, 15) is 9.59 Å². The van der Waals surface area contributed by atoms with Crippen LogP contribution in [-0.4, -0.2) is 34.3 Å². The van der Waals surface area contributed by atoms with Crippen molar-refractivity contribution in [3.8, 4) is 0 Å². The summed E-state index contributed by atoms with van der Waals surface area (Å²) in [6.07, 6.45) is 2.44. The molecule has 1 aliphatic rings. The van der Waals surface area contributed by atoms with Crippen molar-refractivity contribution in [1.29, 1.82) is 0 Å². The van der Waals surface area contributed by atoms with Gasteiger partial charge >= 0.3 is 0 Å². The molecule has 1 aromatic heterocycles. The van der Waals surface area contributed by atoms with E-state index in [4.69, 9.17) is 0 Å². The molecule has 0 bridgehead atoms. The van der Waals surface area contributed by atoms with Crippen molar-refractivity contribution in [2.24, 2.45) is 0 Å². The number of pyridine rings is 1. The minimum atomic E-state index is -0.627. The summed E-state index contributed by atoms with van der Waals surface area (Å²) in [5, 5.41) is 4.02. The first-order chi connectivity index (χ1) is 13.6. The number of rotatable bonds is 5. The number of aromatic nitrogens is 1. The first-order valence-corrected chi connectivity index (χ1v) is 9.30. The van der Waals surface area contributed by atoms with E-state index < -0.39 is 6.04 Å². The molecule has 28 heavy (non-hydrogen) atoms. The quantitative estimate of drug-likeness (QED) is 0.748. The molecule has 2 amide bonds. The van der Waals surface area contributed by atoms with Gasteiger partial charge in [0.25, 0.3) is 5.91 Å². The van der Waals surface area contributed by atoms with Crippen molar-refractivity contribution in [2.75, 3.05) is 6.54 Å². The summed E-state index contributed by atoms with van der Waals surface area (Å²) in [5.41, 5.74) is 3.98. The fourth-order valence-corrected chi connectivity index (χ4v) is 3.67. The molecule has 3 aromatic rings. The lowest BCUT2D eigenvalue weighted by Gasteiger charge is -2.24. The molecule has 1 aliphatic heterocycles. The molecule has 2 heterocycles.